The van der Waals surface area contributed by atoms with Crippen molar-refractivity contribution in [2.24, 2.45) is 4.58 Å². The maximum atomic E-state index is 12.9. The molecule has 0 aromatic heterocycles. The summed E-state index contributed by atoms with van der Waals surface area (Å²) in [5.41, 5.74) is -0.272. The molecule has 0 aliphatic carbocycles. The molecule has 8 heteroatoms. The van der Waals surface area contributed by atoms with Crippen LogP contribution in [0.5, 0.6) is 5.75 Å². The molecule has 3 rings (SSSR count). The molecule has 1 N–H and O–H groups in total. The first-order chi connectivity index (χ1) is 16.2. The van der Waals surface area contributed by atoms with Crippen LogP contribution in [0.4, 0.5) is 0 Å². The van der Waals surface area contributed by atoms with Gasteiger partial charge in [-0.3, -0.25) is 4.90 Å². The van der Waals surface area contributed by atoms with E-state index in [1.54, 1.807) is 7.11 Å². The maximum Gasteiger partial charge on any atom is 0.328 e. The van der Waals surface area contributed by atoms with Gasteiger partial charge in [0.05, 0.1) is 7.11 Å². The third-order valence-electron chi connectivity index (χ3n) is 7.09. The molecule has 2 aromatic rings. The van der Waals surface area contributed by atoms with Crippen molar-refractivity contribution in [1.82, 2.24) is 9.80 Å². The lowest BCUT2D eigenvalue weighted by molar-refractivity contribution is -0.155. The zero-order valence-corrected chi connectivity index (χ0v) is 21.7. The van der Waals surface area contributed by atoms with Gasteiger partial charge in [0, 0.05) is 33.9 Å². The Morgan fingerprint density at radius 1 is 1.21 bits per heavy atom. The molecule has 34 heavy (non-hydrogen) atoms. The Kier molecular flexibility index (Phi) is 8.60. The molecule has 1 saturated heterocycles. The number of ether oxygens (including phenoxy) is 1. The van der Waals surface area contributed by atoms with Gasteiger partial charge in [-0.25, -0.2) is 4.79 Å². The second-order valence-electron chi connectivity index (χ2n) is 9.89. The first-order valence-electron chi connectivity index (χ1n) is 11.9. The van der Waals surface area contributed by atoms with Crippen molar-refractivity contribution in [2.75, 3.05) is 33.8 Å². The number of benzene rings is 2. The molecule has 0 bridgehead atoms. The van der Waals surface area contributed by atoms with Crippen molar-refractivity contribution < 1.29 is 14.6 Å². The van der Waals surface area contributed by atoms with E-state index in [-0.39, 0.29) is 10.8 Å². The summed E-state index contributed by atoms with van der Waals surface area (Å²) in [6, 6.07) is 12.0. The zero-order valence-electron chi connectivity index (χ0n) is 20.9. The monoisotopic (exact) mass is 487 g/mol. The number of hydrogen-bond donors (Lipinski definition) is 1. The SMILES string of the molecule is CCC[C@@](C(=O)O)(c1ccc2cc(OC)ccc2c1)N(C)C1CCN(CC(C)(C)SN=O)CC1. The predicted octanol–water partition coefficient (Wildman–Crippen LogP) is 5.52. The minimum absolute atomic E-state index is 0.158. The third kappa shape index (κ3) is 5.56. The van der Waals surface area contributed by atoms with Crippen LogP contribution in [0.2, 0.25) is 0 Å². The van der Waals surface area contributed by atoms with Crippen LogP contribution >= 0.6 is 11.9 Å². The molecule has 0 spiro atoms. The predicted molar refractivity (Wildman–Crippen MR) is 139 cm³/mol. The molecule has 7 nitrogen and oxygen atoms in total. The quantitative estimate of drug-likeness (QED) is 0.330. The lowest BCUT2D eigenvalue weighted by Crippen LogP contribution is -2.57. The fraction of sp³-hybridized carbons (Fsp3) is 0.577. The molecule has 2 aromatic carbocycles. The number of rotatable bonds is 11. The van der Waals surface area contributed by atoms with Gasteiger partial charge in [-0.05, 0) is 87.8 Å². The number of carboxylic acids is 1. The highest BCUT2D eigenvalue weighted by molar-refractivity contribution is 7.99. The average Bonchev–Trinajstić information content (AvgIpc) is 2.81. The van der Waals surface area contributed by atoms with Crippen LogP contribution in [-0.4, -0.2) is 65.5 Å². The topological polar surface area (TPSA) is 82.4 Å². The van der Waals surface area contributed by atoms with Crippen molar-refractivity contribution in [3.8, 4) is 5.75 Å². The number of carbonyl (C=O) groups is 1. The molecule has 0 unspecified atom stereocenters. The van der Waals surface area contributed by atoms with Crippen LogP contribution < -0.4 is 4.74 Å². The minimum Gasteiger partial charge on any atom is -0.497 e. The van der Waals surface area contributed by atoms with Crippen molar-refractivity contribution in [3.63, 3.8) is 0 Å². The second-order valence-corrected chi connectivity index (χ2v) is 11.3. The molecule has 1 fully saturated rings. The van der Waals surface area contributed by atoms with Gasteiger partial charge >= 0.3 is 5.97 Å². The van der Waals surface area contributed by atoms with E-state index >= 15 is 0 Å². The number of nitroso groups, excluding NO2 is 1. The highest BCUT2D eigenvalue weighted by Crippen LogP contribution is 2.39. The summed E-state index contributed by atoms with van der Waals surface area (Å²) in [6.07, 6.45) is 3.07. The Labute approximate surface area is 206 Å². The number of likely N-dealkylation sites (tertiary alicyclic amines) is 1. The zero-order chi connectivity index (χ0) is 24.9. The van der Waals surface area contributed by atoms with Gasteiger partial charge in [0.1, 0.15) is 11.3 Å². The molecule has 1 atom stereocenters. The molecular weight excluding hydrogens is 450 g/mol. The number of piperidine rings is 1. The third-order valence-corrected chi connectivity index (χ3v) is 7.78. The fourth-order valence-electron chi connectivity index (χ4n) is 5.32. The maximum absolute atomic E-state index is 12.9. The van der Waals surface area contributed by atoms with Crippen molar-refractivity contribution in [1.29, 1.82) is 0 Å². The smallest absolute Gasteiger partial charge is 0.328 e. The van der Waals surface area contributed by atoms with Gasteiger partial charge < -0.3 is 14.7 Å². The highest BCUT2D eigenvalue weighted by atomic mass is 32.2. The van der Waals surface area contributed by atoms with Gasteiger partial charge in [-0.1, -0.05) is 31.5 Å². The van der Waals surface area contributed by atoms with Crippen LogP contribution in [0.1, 0.15) is 52.0 Å². The average molecular weight is 488 g/mol. The fourth-order valence-corrected chi connectivity index (χ4v) is 5.76. The summed E-state index contributed by atoms with van der Waals surface area (Å²) in [5, 5.41) is 12.6. The van der Waals surface area contributed by atoms with Gasteiger partial charge in [0.2, 0.25) is 0 Å². The second kappa shape index (κ2) is 11.1. The number of aliphatic carboxylic acids is 1. The number of likely N-dealkylation sites (N-methyl/N-ethyl adjacent to an activating group) is 1. The molecule has 1 aliphatic heterocycles. The number of hydrogen-bond acceptors (Lipinski definition) is 7. The molecule has 1 aliphatic rings. The Balaban J connectivity index is 1.87. The van der Waals surface area contributed by atoms with E-state index in [1.807, 2.05) is 64.2 Å². The Morgan fingerprint density at radius 2 is 1.85 bits per heavy atom. The van der Waals surface area contributed by atoms with Gasteiger partial charge in [0.25, 0.3) is 0 Å². The van der Waals surface area contributed by atoms with E-state index in [2.05, 4.69) is 14.4 Å². The molecule has 0 radical (unpaired) electrons. The summed E-state index contributed by atoms with van der Waals surface area (Å²) in [5.74, 6) is -0.0191. The summed E-state index contributed by atoms with van der Waals surface area (Å²) in [4.78, 5) is 28.1. The minimum atomic E-state index is -1.09. The molecule has 186 valence electrons. The summed E-state index contributed by atoms with van der Waals surface area (Å²) in [6.45, 7) is 8.63. The van der Waals surface area contributed by atoms with Crippen LogP contribution in [0.25, 0.3) is 10.8 Å². The normalized spacial score (nSPS) is 17.6. The number of nitrogens with zero attached hydrogens (tertiary/aromatic N) is 3. The summed E-state index contributed by atoms with van der Waals surface area (Å²) >= 11 is 1.08. The van der Waals surface area contributed by atoms with E-state index in [0.717, 1.165) is 72.9 Å². The van der Waals surface area contributed by atoms with Gasteiger partial charge in [0.15, 0.2) is 0 Å². The van der Waals surface area contributed by atoms with E-state index in [9.17, 15) is 14.8 Å². The lowest BCUT2D eigenvalue weighted by atomic mass is 9.81. The first kappa shape index (κ1) is 26.4. The first-order valence-corrected chi connectivity index (χ1v) is 12.7. The molecule has 0 amide bonds. The largest absolute Gasteiger partial charge is 0.497 e. The van der Waals surface area contributed by atoms with Crippen molar-refractivity contribution in [3.05, 3.63) is 46.9 Å². The molecular formula is C26H37N3O4S. The van der Waals surface area contributed by atoms with E-state index in [1.165, 1.54) is 0 Å². The van der Waals surface area contributed by atoms with Crippen LogP contribution in [0.3, 0.4) is 0 Å². The number of carboxylic acid groups (broad SMARTS) is 1. The van der Waals surface area contributed by atoms with E-state index in [4.69, 9.17) is 4.74 Å². The Bertz CT molecular complexity index is 1010. The van der Waals surface area contributed by atoms with E-state index in [0.29, 0.717) is 6.42 Å². The molecule has 0 saturated carbocycles. The Morgan fingerprint density at radius 3 is 2.44 bits per heavy atom. The standard InChI is InChI=1S/C26H37N3O4S/c1-6-13-26(24(30)31,21-9-7-20-17-23(33-5)10-8-19(20)16-21)28(4)22-11-14-29(15-12-22)18-25(2,3)34-27-32/h7-10,16-17,22H,6,11-15,18H2,1-5H3,(H,30,31)/t26-/m0/s1. The van der Waals surface area contributed by atoms with Crippen molar-refractivity contribution >= 4 is 28.7 Å². The van der Waals surface area contributed by atoms with Crippen LogP contribution in [0.15, 0.2) is 41.0 Å². The molecule has 1 heterocycles. The summed E-state index contributed by atoms with van der Waals surface area (Å²) in [7, 11) is 3.62. The summed E-state index contributed by atoms with van der Waals surface area (Å²) < 4.78 is 8.12. The Hall–Kier alpha value is -2.16. The number of methoxy groups -OCH3 is 1. The van der Waals surface area contributed by atoms with Crippen LogP contribution in [-0.2, 0) is 10.3 Å². The van der Waals surface area contributed by atoms with E-state index < -0.39 is 11.5 Å². The number of fused-ring (bicyclic) bond motifs is 1. The van der Waals surface area contributed by atoms with Gasteiger partial charge in [-0.2, -0.15) is 0 Å². The lowest BCUT2D eigenvalue weighted by Gasteiger charge is -2.46. The van der Waals surface area contributed by atoms with Gasteiger partial charge in [-0.15, -0.1) is 4.91 Å². The highest BCUT2D eigenvalue weighted by Gasteiger charge is 2.46. The van der Waals surface area contributed by atoms with Crippen molar-refractivity contribution in [2.45, 2.75) is 62.8 Å². The van der Waals surface area contributed by atoms with Crippen LogP contribution in [0, 0.1) is 4.91 Å².